The second kappa shape index (κ2) is 8.24. The normalized spacial score (nSPS) is 13.0. The highest BCUT2D eigenvalue weighted by Crippen LogP contribution is 2.22. The van der Waals surface area contributed by atoms with Crippen molar-refractivity contribution < 1.29 is 13.2 Å². The Kier molecular flexibility index (Phi) is 5.98. The van der Waals surface area contributed by atoms with Gasteiger partial charge in [-0.15, -0.1) is 0 Å². The van der Waals surface area contributed by atoms with Crippen molar-refractivity contribution in [1.29, 1.82) is 0 Å². The van der Waals surface area contributed by atoms with Crippen molar-refractivity contribution in [1.82, 2.24) is 9.29 Å². The molecule has 0 bridgehead atoms. The number of aromatic nitrogens is 1. The third-order valence-corrected chi connectivity index (χ3v) is 6.53. The van der Waals surface area contributed by atoms with Crippen LogP contribution in [0.4, 0.5) is 0 Å². The fourth-order valence-electron chi connectivity index (χ4n) is 2.75. The summed E-state index contributed by atoms with van der Waals surface area (Å²) in [6.07, 6.45) is 0.840. The minimum atomic E-state index is -3.71. The molecule has 0 aliphatic heterocycles. The summed E-state index contributed by atoms with van der Waals surface area (Å²) in [5, 5.41) is 0. The number of nitrogens with zero attached hydrogens (tertiary/aromatic N) is 1. The van der Waals surface area contributed by atoms with E-state index in [1.807, 2.05) is 37.3 Å². The summed E-state index contributed by atoms with van der Waals surface area (Å²) in [6.45, 7) is 4.58. The lowest BCUT2D eigenvalue weighted by atomic mass is 10.3. The maximum atomic E-state index is 12.7. The second-order valence-corrected chi connectivity index (χ2v) is 9.00. The molecular weight excluding hydrogens is 384 g/mol. The molecule has 2 aromatic carbocycles. The number of hydrogen-bond donors (Lipinski definition) is 1. The van der Waals surface area contributed by atoms with Crippen LogP contribution >= 0.6 is 11.3 Å². The van der Waals surface area contributed by atoms with Crippen molar-refractivity contribution in [2.45, 2.75) is 37.8 Å². The van der Waals surface area contributed by atoms with Crippen molar-refractivity contribution in [3.8, 4) is 5.75 Å². The van der Waals surface area contributed by atoms with Gasteiger partial charge in [-0.25, -0.2) is 13.1 Å². The van der Waals surface area contributed by atoms with Gasteiger partial charge in [-0.05, 0) is 43.7 Å². The van der Waals surface area contributed by atoms with Crippen LogP contribution < -0.4 is 14.3 Å². The molecule has 1 aromatic heterocycles. The number of para-hydroxylation sites is 1. The Labute approximate surface area is 162 Å². The Hall–Kier alpha value is -2.16. The largest absolute Gasteiger partial charge is 0.492 e. The van der Waals surface area contributed by atoms with Gasteiger partial charge in [-0.3, -0.25) is 9.36 Å². The molecule has 1 heterocycles. The first-order valence-electron chi connectivity index (χ1n) is 8.74. The van der Waals surface area contributed by atoms with E-state index in [-0.39, 0.29) is 16.4 Å². The molecule has 0 spiro atoms. The van der Waals surface area contributed by atoms with Crippen LogP contribution in [0.3, 0.4) is 0 Å². The number of nitrogens with one attached hydrogen (secondary N) is 1. The minimum absolute atomic E-state index is 0.0704. The zero-order chi connectivity index (χ0) is 19.4. The predicted octanol–water partition coefficient (Wildman–Crippen LogP) is 3.22. The number of hydrogen-bond acceptors (Lipinski definition) is 5. The van der Waals surface area contributed by atoms with Gasteiger partial charge < -0.3 is 4.74 Å². The van der Waals surface area contributed by atoms with Crippen LogP contribution in [0.25, 0.3) is 10.2 Å². The summed E-state index contributed by atoms with van der Waals surface area (Å²) in [4.78, 5) is 12.2. The average molecular weight is 407 g/mol. The predicted molar refractivity (Wildman–Crippen MR) is 108 cm³/mol. The number of rotatable bonds is 8. The molecule has 6 nitrogen and oxygen atoms in total. The standard InChI is InChI=1S/C19H22N2O4S2/c1-3-11-21-17-10-9-16(12-18(17)26-19(21)22)27(23,24)20-14(2)13-25-15-7-5-4-6-8-15/h4-10,12,14,20H,3,11,13H2,1-2H3. The molecule has 1 N–H and O–H groups in total. The van der Waals surface area contributed by atoms with Gasteiger partial charge in [0.15, 0.2) is 0 Å². The van der Waals surface area contributed by atoms with Crippen molar-refractivity contribution in [2.24, 2.45) is 0 Å². The van der Waals surface area contributed by atoms with Gasteiger partial charge in [0, 0.05) is 6.54 Å². The van der Waals surface area contributed by atoms with Crippen LogP contribution in [-0.2, 0) is 16.6 Å². The van der Waals surface area contributed by atoms with Crippen molar-refractivity contribution >= 4 is 31.6 Å². The van der Waals surface area contributed by atoms with Crippen LogP contribution in [0.1, 0.15) is 20.3 Å². The lowest BCUT2D eigenvalue weighted by Gasteiger charge is -2.15. The molecule has 0 amide bonds. The smallest absolute Gasteiger partial charge is 0.308 e. The lowest BCUT2D eigenvalue weighted by Crippen LogP contribution is -2.36. The number of thiazole rings is 1. The van der Waals surface area contributed by atoms with Gasteiger partial charge in [0.05, 0.1) is 21.2 Å². The van der Waals surface area contributed by atoms with E-state index in [9.17, 15) is 13.2 Å². The molecule has 1 atom stereocenters. The van der Waals surface area contributed by atoms with E-state index in [0.717, 1.165) is 23.3 Å². The van der Waals surface area contributed by atoms with Crippen LogP contribution in [0.2, 0.25) is 0 Å². The van der Waals surface area contributed by atoms with Crippen LogP contribution in [0, 0.1) is 0 Å². The number of benzene rings is 2. The van der Waals surface area contributed by atoms with E-state index in [0.29, 0.717) is 17.0 Å². The molecular formula is C19H22N2O4S2. The number of fused-ring (bicyclic) bond motifs is 1. The minimum Gasteiger partial charge on any atom is -0.492 e. The zero-order valence-corrected chi connectivity index (χ0v) is 16.8. The van der Waals surface area contributed by atoms with Gasteiger partial charge in [0.2, 0.25) is 10.0 Å². The monoisotopic (exact) mass is 406 g/mol. The summed E-state index contributed by atoms with van der Waals surface area (Å²) in [7, 11) is -3.71. The molecule has 0 radical (unpaired) electrons. The summed E-state index contributed by atoms with van der Waals surface area (Å²) >= 11 is 1.07. The molecule has 3 rings (SSSR count). The third kappa shape index (κ3) is 4.58. The van der Waals surface area contributed by atoms with Crippen LogP contribution in [0.15, 0.2) is 58.2 Å². The number of aryl methyl sites for hydroxylation is 1. The second-order valence-electron chi connectivity index (χ2n) is 6.30. The molecule has 8 heteroatoms. The molecule has 0 fully saturated rings. The van der Waals surface area contributed by atoms with Gasteiger partial charge in [-0.1, -0.05) is 36.5 Å². The molecule has 144 valence electrons. The number of ether oxygens (including phenoxy) is 1. The Bertz CT molecular complexity index is 1070. The molecule has 3 aromatic rings. The van der Waals surface area contributed by atoms with E-state index in [4.69, 9.17) is 4.74 Å². The van der Waals surface area contributed by atoms with Crippen LogP contribution in [-0.4, -0.2) is 25.6 Å². The Balaban J connectivity index is 1.75. The number of sulfonamides is 1. The lowest BCUT2D eigenvalue weighted by molar-refractivity contribution is 0.287. The fourth-order valence-corrected chi connectivity index (χ4v) is 5.04. The first kappa shape index (κ1) is 19.6. The van der Waals surface area contributed by atoms with E-state index >= 15 is 0 Å². The van der Waals surface area contributed by atoms with Crippen LogP contribution in [0.5, 0.6) is 5.75 Å². The molecule has 0 saturated heterocycles. The highest BCUT2D eigenvalue weighted by Gasteiger charge is 2.19. The maximum Gasteiger partial charge on any atom is 0.308 e. The molecule has 0 aliphatic rings. The van der Waals surface area contributed by atoms with Gasteiger partial charge in [-0.2, -0.15) is 0 Å². The average Bonchev–Trinajstić information content (AvgIpc) is 2.96. The Morgan fingerprint density at radius 1 is 1.19 bits per heavy atom. The summed E-state index contributed by atoms with van der Waals surface area (Å²) in [5.74, 6) is 0.687. The Morgan fingerprint density at radius 3 is 2.63 bits per heavy atom. The first-order chi connectivity index (χ1) is 12.9. The Morgan fingerprint density at radius 2 is 1.93 bits per heavy atom. The van der Waals surface area contributed by atoms with Crippen molar-refractivity contribution in [3.63, 3.8) is 0 Å². The third-order valence-electron chi connectivity index (χ3n) is 4.00. The fraction of sp³-hybridized carbons (Fsp3) is 0.316. The van der Waals surface area contributed by atoms with Gasteiger partial charge in [0.1, 0.15) is 12.4 Å². The van der Waals surface area contributed by atoms with Crippen molar-refractivity contribution in [3.05, 3.63) is 58.2 Å². The zero-order valence-electron chi connectivity index (χ0n) is 15.2. The molecule has 1 unspecified atom stereocenters. The van der Waals surface area contributed by atoms with E-state index in [1.165, 1.54) is 6.07 Å². The SMILES string of the molecule is CCCn1c(=O)sc2cc(S(=O)(=O)NC(C)COc3ccccc3)ccc21. The molecule has 0 saturated carbocycles. The van der Waals surface area contributed by atoms with Crippen molar-refractivity contribution in [2.75, 3.05) is 6.61 Å². The maximum absolute atomic E-state index is 12.7. The first-order valence-corrected chi connectivity index (χ1v) is 11.0. The van der Waals surface area contributed by atoms with E-state index in [2.05, 4.69) is 4.72 Å². The molecule has 27 heavy (non-hydrogen) atoms. The topological polar surface area (TPSA) is 77.4 Å². The van der Waals surface area contributed by atoms with E-state index < -0.39 is 16.1 Å². The molecule has 0 aliphatic carbocycles. The highest BCUT2D eigenvalue weighted by molar-refractivity contribution is 7.89. The summed E-state index contributed by atoms with van der Waals surface area (Å²) in [6, 6.07) is 13.6. The van der Waals surface area contributed by atoms with E-state index in [1.54, 1.807) is 23.6 Å². The summed E-state index contributed by atoms with van der Waals surface area (Å²) in [5.41, 5.74) is 0.770. The quantitative estimate of drug-likeness (QED) is 0.623. The highest BCUT2D eigenvalue weighted by atomic mass is 32.2. The summed E-state index contributed by atoms with van der Waals surface area (Å²) < 4.78 is 35.9. The van der Waals surface area contributed by atoms with Gasteiger partial charge in [0.25, 0.3) is 0 Å². The van der Waals surface area contributed by atoms with Gasteiger partial charge >= 0.3 is 4.87 Å².